The SMILES string of the molecule is CN1CCc2ccc(Nc3ncc4c(n3)N3CCN=C3N(c3c(Cl)cccc3Cl)C4=O)cc2C1. The molecule has 0 unspecified atom stereocenters. The number of nitrogens with zero attached hydrogens (tertiary/aromatic N) is 6. The lowest BCUT2D eigenvalue weighted by molar-refractivity contribution is 0.1000. The summed E-state index contributed by atoms with van der Waals surface area (Å²) in [5, 5.41) is 4.04. The number of fused-ring (bicyclic) bond motifs is 4. The Kier molecular flexibility index (Phi) is 5.17. The number of anilines is 4. The van der Waals surface area contributed by atoms with Gasteiger partial charge in [0, 0.05) is 31.5 Å². The number of hydrogen-bond acceptors (Lipinski definition) is 7. The zero-order chi connectivity index (χ0) is 23.4. The van der Waals surface area contributed by atoms with Crippen LogP contribution in [0.1, 0.15) is 21.5 Å². The fraction of sp³-hybridized carbons (Fsp3) is 0.250. The third-order valence-corrected chi connectivity index (χ3v) is 6.91. The molecule has 0 radical (unpaired) electrons. The summed E-state index contributed by atoms with van der Waals surface area (Å²) in [6, 6.07) is 11.5. The summed E-state index contributed by atoms with van der Waals surface area (Å²) in [5.41, 5.74) is 4.36. The predicted molar refractivity (Wildman–Crippen MR) is 135 cm³/mol. The van der Waals surface area contributed by atoms with E-state index >= 15 is 0 Å². The number of benzene rings is 2. The molecule has 8 nitrogen and oxygen atoms in total. The standard InChI is InChI=1S/C24H21Cl2N7O/c1-31-9-7-14-5-6-16(11-15(14)13-31)29-23-28-12-17-21(30-23)32-10-8-27-24(32)33(22(17)34)20-18(25)3-2-4-19(20)26/h2-6,11-12H,7-10,13H2,1H3,(H,28,29,30). The van der Waals surface area contributed by atoms with E-state index in [-0.39, 0.29) is 5.91 Å². The maximum absolute atomic E-state index is 13.5. The van der Waals surface area contributed by atoms with Crippen molar-refractivity contribution in [1.82, 2.24) is 14.9 Å². The fourth-order valence-corrected chi connectivity index (χ4v) is 5.20. The molecular formula is C24H21Cl2N7O. The molecule has 0 bridgehead atoms. The van der Waals surface area contributed by atoms with Gasteiger partial charge in [-0.3, -0.25) is 14.7 Å². The Bertz CT molecular complexity index is 1340. The van der Waals surface area contributed by atoms with Crippen molar-refractivity contribution in [2.45, 2.75) is 13.0 Å². The summed E-state index contributed by atoms with van der Waals surface area (Å²) in [5.74, 6) is 1.10. The van der Waals surface area contributed by atoms with Crippen LogP contribution in [0.15, 0.2) is 47.6 Å². The van der Waals surface area contributed by atoms with Gasteiger partial charge in [-0.15, -0.1) is 0 Å². The van der Waals surface area contributed by atoms with Gasteiger partial charge < -0.3 is 10.2 Å². The zero-order valence-corrected chi connectivity index (χ0v) is 19.9. The second kappa shape index (κ2) is 8.23. The van der Waals surface area contributed by atoms with Crippen molar-refractivity contribution in [1.29, 1.82) is 0 Å². The Labute approximate surface area is 206 Å². The van der Waals surface area contributed by atoms with Crippen molar-refractivity contribution >= 4 is 58.2 Å². The number of nitrogens with one attached hydrogen (secondary N) is 1. The molecule has 0 spiro atoms. The summed E-state index contributed by atoms with van der Waals surface area (Å²) in [6.45, 7) is 3.11. The van der Waals surface area contributed by atoms with Crippen molar-refractivity contribution in [3.63, 3.8) is 0 Å². The van der Waals surface area contributed by atoms with Crippen LogP contribution in [0.3, 0.4) is 0 Å². The van der Waals surface area contributed by atoms with Gasteiger partial charge in [0.05, 0.1) is 22.3 Å². The first-order chi connectivity index (χ1) is 16.5. The summed E-state index contributed by atoms with van der Waals surface area (Å²) in [6.07, 6.45) is 2.60. The Morgan fingerprint density at radius 1 is 1.06 bits per heavy atom. The molecule has 2 aromatic carbocycles. The minimum Gasteiger partial charge on any atom is -0.324 e. The number of hydrogen-bond donors (Lipinski definition) is 1. The largest absolute Gasteiger partial charge is 0.324 e. The van der Waals surface area contributed by atoms with Gasteiger partial charge in [-0.25, -0.2) is 9.88 Å². The van der Waals surface area contributed by atoms with Crippen molar-refractivity contribution in [2.75, 3.05) is 41.8 Å². The van der Waals surface area contributed by atoms with E-state index in [1.807, 2.05) is 11.0 Å². The average molecular weight is 494 g/mol. The van der Waals surface area contributed by atoms with Crippen molar-refractivity contribution in [3.05, 3.63) is 69.3 Å². The van der Waals surface area contributed by atoms with Crippen LogP contribution in [0.4, 0.5) is 23.1 Å². The molecule has 4 heterocycles. The van der Waals surface area contributed by atoms with E-state index in [1.165, 1.54) is 16.0 Å². The first-order valence-corrected chi connectivity index (χ1v) is 11.8. The number of halogens is 2. The number of amides is 1. The number of carbonyl (C=O) groups is 1. The number of rotatable bonds is 3. The van der Waals surface area contributed by atoms with E-state index in [0.717, 1.165) is 25.2 Å². The highest BCUT2D eigenvalue weighted by Crippen LogP contribution is 2.39. The van der Waals surface area contributed by atoms with E-state index in [2.05, 4.69) is 39.4 Å². The zero-order valence-electron chi connectivity index (χ0n) is 18.4. The number of guanidine groups is 1. The van der Waals surface area contributed by atoms with Crippen molar-refractivity contribution in [3.8, 4) is 0 Å². The maximum Gasteiger partial charge on any atom is 0.270 e. The molecule has 1 N–H and O–H groups in total. The molecule has 3 aromatic rings. The Hall–Kier alpha value is -3.20. The van der Waals surface area contributed by atoms with Crippen LogP contribution in [-0.4, -0.2) is 53.4 Å². The third-order valence-electron chi connectivity index (χ3n) is 6.30. The molecule has 0 fully saturated rings. The fourth-order valence-electron chi connectivity index (χ4n) is 4.64. The number of aliphatic imine (C=N–C) groups is 1. The minimum atomic E-state index is -0.315. The lowest BCUT2D eigenvalue weighted by atomic mass is 9.99. The highest BCUT2D eigenvalue weighted by atomic mass is 35.5. The van der Waals surface area contributed by atoms with E-state index in [1.54, 1.807) is 24.4 Å². The van der Waals surface area contributed by atoms with Crippen LogP contribution in [-0.2, 0) is 13.0 Å². The lowest BCUT2D eigenvalue weighted by Gasteiger charge is -2.35. The van der Waals surface area contributed by atoms with Gasteiger partial charge in [-0.05, 0) is 48.9 Å². The van der Waals surface area contributed by atoms with Crippen LogP contribution in [0.2, 0.25) is 10.0 Å². The van der Waals surface area contributed by atoms with Crippen LogP contribution in [0.25, 0.3) is 0 Å². The van der Waals surface area contributed by atoms with Gasteiger partial charge in [0.25, 0.3) is 5.91 Å². The minimum absolute atomic E-state index is 0.315. The maximum atomic E-state index is 13.5. The number of para-hydroxylation sites is 1. The van der Waals surface area contributed by atoms with Gasteiger partial charge in [0.2, 0.25) is 11.9 Å². The van der Waals surface area contributed by atoms with Gasteiger partial charge in [0.15, 0.2) is 5.82 Å². The van der Waals surface area contributed by atoms with Crippen LogP contribution in [0.5, 0.6) is 0 Å². The summed E-state index contributed by atoms with van der Waals surface area (Å²) >= 11 is 12.8. The molecule has 172 valence electrons. The molecule has 34 heavy (non-hydrogen) atoms. The predicted octanol–water partition coefficient (Wildman–Crippen LogP) is 4.35. The molecule has 1 amide bonds. The van der Waals surface area contributed by atoms with Crippen molar-refractivity contribution in [2.24, 2.45) is 4.99 Å². The van der Waals surface area contributed by atoms with Gasteiger partial charge in [-0.2, -0.15) is 4.98 Å². The second-order valence-electron chi connectivity index (χ2n) is 8.57. The average Bonchev–Trinajstić information content (AvgIpc) is 3.30. The molecule has 0 atom stereocenters. The van der Waals surface area contributed by atoms with Gasteiger partial charge in [0.1, 0.15) is 5.56 Å². The highest BCUT2D eigenvalue weighted by Gasteiger charge is 2.41. The Morgan fingerprint density at radius 3 is 2.71 bits per heavy atom. The van der Waals surface area contributed by atoms with Gasteiger partial charge >= 0.3 is 0 Å². The van der Waals surface area contributed by atoms with E-state index < -0.39 is 0 Å². The van der Waals surface area contributed by atoms with E-state index in [0.29, 0.717) is 52.1 Å². The summed E-state index contributed by atoms with van der Waals surface area (Å²) in [7, 11) is 2.13. The number of aromatic nitrogens is 2. The smallest absolute Gasteiger partial charge is 0.270 e. The molecular weight excluding hydrogens is 473 g/mol. The molecule has 0 aliphatic carbocycles. The molecule has 3 aliphatic heterocycles. The molecule has 0 saturated heterocycles. The number of carbonyl (C=O) groups excluding carboxylic acids is 1. The first-order valence-electron chi connectivity index (χ1n) is 11.0. The third kappa shape index (κ3) is 3.50. The Morgan fingerprint density at radius 2 is 1.88 bits per heavy atom. The van der Waals surface area contributed by atoms with Crippen molar-refractivity contribution < 1.29 is 4.79 Å². The molecule has 10 heteroatoms. The topological polar surface area (TPSA) is 77.0 Å². The summed E-state index contributed by atoms with van der Waals surface area (Å²) < 4.78 is 0. The number of likely N-dealkylation sites (N-methyl/N-ethyl adjacent to an activating group) is 1. The first kappa shape index (κ1) is 21.3. The quantitative estimate of drug-likeness (QED) is 0.584. The van der Waals surface area contributed by atoms with E-state index in [9.17, 15) is 4.79 Å². The summed E-state index contributed by atoms with van der Waals surface area (Å²) in [4.78, 5) is 32.9. The Balaban J connectivity index is 1.35. The lowest BCUT2D eigenvalue weighted by Crippen LogP contribution is -2.51. The molecule has 1 aromatic heterocycles. The highest BCUT2D eigenvalue weighted by molar-refractivity contribution is 6.43. The van der Waals surface area contributed by atoms with E-state index in [4.69, 9.17) is 28.2 Å². The van der Waals surface area contributed by atoms with Gasteiger partial charge in [-0.1, -0.05) is 35.3 Å². The van der Waals surface area contributed by atoms with Crippen LogP contribution in [0, 0.1) is 0 Å². The molecule has 3 aliphatic rings. The monoisotopic (exact) mass is 493 g/mol. The second-order valence-corrected chi connectivity index (χ2v) is 9.39. The van der Waals surface area contributed by atoms with Crippen LogP contribution < -0.4 is 15.1 Å². The normalized spacial score (nSPS) is 17.3. The molecule has 0 saturated carbocycles. The molecule has 6 rings (SSSR count). The van der Waals surface area contributed by atoms with Crippen LogP contribution >= 0.6 is 23.2 Å².